The van der Waals surface area contributed by atoms with Gasteiger partial charge in [-0.25, -0.2) is 4.79 Å². The van der Waals surface area contributed by atoms with E-state index >= 15 is 0 Å². The average Bonchev–Trinajstić information content (AvgIpc) is 2.21. The fourth-order valence-electron chi connectivity index (χ4n) is 1.55. The summed E-state index contributed by atoms with van der Waals surface area (Å²) < 4.78 is 0. The molecule has 0 radical (unpaired) electrons. The first-order valence-corrected chi connectivity index (χ1v) is 5.12. The quantitative estimate of drug-likeness (QED) is 0.823. The zero-order valence-corrected chi connectivity index (χ0v) is 9.40. The number of benzene rings is 1. The van der Waals surface area contributed by atoms with Crippen molar-refractivity contribution < 1.29 is 9.90 Å². The molecule has 0 aromatic heterocycles. The second-order valence-electron chi connectivity index (χ2n) is 3.64. The van der Waals surface area contributed by atoms with Crippen LogP contribution in [0.4, 0.5) is 5.69 Å². The van der Waals surface area contributed by atoms with E-state index in [9.17, 15) is 4.79 Å². The lowest BCUT2D eigenvalue weighted by Gasteiger charge is -2.27. The van der Waals surface area contributed by atoms with Gasteiger partial charge in [0.15, 0.2) is 0 Å². The van der Waals surface area contributed by atoms with E-state index in [-0.39, 0.29) is 0 Å². The summed E-state index contributed by atoms with van der Waals surface area (Å²) in [5.74, 6) is -0.794. The van der Waals surface area contributed by atoms with Crippen LogP contribution in [0.25, 0.3) is 0 Å². The molecule has 3 heteroatoms. The van der Waals surface area contributed by atoms with Gasteiger partial charge in [0.1, 0.15) is 6.04 Å². The Morgan fingerprint density at radius 2 is 1.93 bits per heavy atom. The maximum Gasteiger partial charge on any atom is 0.326 e. The first-order chi connectivity index (χ1) is 7.06. The molecule has 1 aromatic carbocycles. The van der Waals surface area contributed by atoms with Crippen molar-refractivity contribution >= 4 is 11.7 Å². The van der Waals surface area contributed by atoms with Crippen LogP contribution in [-0.4, -0.2) is 23.7 Å². The van der Waals surface area contributed by atoms with Crippen LogP contribution in [0.3, 0.4) is 0 Å². The van der Waals surface area contributed by atoms with Crippen molar-refractivity contribution in [3.05, 3.63) is 29.8 Å². The number of anilines is 1. The van der Waals surface area contributed by atoms with Crippen LogP contribution in [0.15, 0.2) is 24.3 Å². The molecule has 0 aliphatic heterocycles. The summed E-state index contributed by atoms with van der Waals surface area (Å²) in [7, 11) is 0. The van der Waals surface area contributed by atoms with E-state index in [0.29, 0.717) is 6.54 Å². The van der Waals surface area contributed by atoms with E-state index in [1.165, 1.54) is 5.56 Å². The van der Waals surface area contributed by atoms with Crippen LogP contribution < -0.4 is 4.90 Å². The van der Waals surface area contributed by atoms with E-state index in [1.54, 1.807) is 6.92 Å². The summed E-state index contributed by atoms with van der Waals surface area (Å²) in [5.41, 5.74) is 2.13. The zero-order chi connectivity index (χ0) is 11.4. The van der Waals surface area contributed by atoms with Crippen LogP contribution in [0.2, 0.25) is 0 Å². The maximum absolute atomic E-state index is 10.9. The Kier molecular flexibility index (Phi) is 3.72. The highest BCUT2D eigenvalue weighted by molar-refractivity contribution is 5.77. The SMILES string of the molecule is CCN(c1ccc(C)cc1)C(C)C(=O)O. The molecule has 82 valence electrons. The molecule has 1 aromatic rings. The Hall–Kier alpha value is -1.51. The molecule has 1 rings (SSSR count). The highest BCUT2D eigenvalue weighted by Crippen LogP contribution is 2.17. The molecule has 1 N–H and O–H groups in total. The number of hydrogen-bond acceptors (Lipinski definition) is 2. The normalized spacial score (nSPS) is 12.2. The van der Waals surface area contributed by atoms with E-state index in [1.807, 2.05) is 43.0 Å². The van der Waals surface area contributed by atoms with Crippen LogP contribution in [-0.2, 0) is 4.79 Å². The van der Waals surface area contributed by atoms with E-state index in [4.69, 9.17) is 5.11 Å². The lowest BCUT2D eigenvalue weighted by atomic mass is 10.2. The monoisotopic (exact) mass is 207 g/mol. The number of carboxylic acids is 1. The standard InChI is InChI=1S/C12H17NO2/c1-4-13(10(3)12(14)15)11-7-5-9(2)6-8-11/h5-8,10H,4H2,1-3H3,(H,14,15). The molecule has 0 aliphatic rings. The van der Waals surface area contributed by atoms with Crippen molar-refractivity contribution in [2.45, 2.75) is 26.8 Å². The Bertz CT molecular complexity index is 332. The number of aryl methyl sites for hydroxylation is 1. The molecule has 0 fully saturated rings. The second kappa shape index (κ2) is 4.82. The lowest BCUT2D eigenvalue weighted by molar-refractivity contribution is -0.138. The maximum atomic E-state index is 10.9. The first-order valence-electron chi connectivity index (χ1n) is 5.12. The molecule has 3 nitrogen and oxygen atoms in total. The fourth-order valence-corrected chi connectivity index (χ4v) is 1.55. The summed E-state index contributed by atoms with van der Waals surface area (Å²) in [6.07, 6.45) is 0. The lowest BCUT2D eigenvalue weighted by Crippen LogP contribution is -2.38. The molecule has 0 amide bonds. The van der Waals surface area contributed by atoms with Gasteiger partial charge in [-0.3, -0.25) is 0 Å². The van der Waals surface area contributed by atoms with Crippen molar-refractivity contribution in [3.8, 4) is 0 Å². The van der Waals surface area contributed by atoms with Gasteiger partial charge in [-0.2, -0.15) is 0 Å². The molecule has 0 saturated heterocycles. The van der Waals surface area contributed by atoms with Gasteiger partial charge in [-0.15, -0.1) is 0 Å². The highest BCUT2D eigenvalue weighted by atomic mass is 16.4. The van der Waals surface area contributed by atoms with Crippen molar-refractivity contribution in [2.24, 2.45) is 0 Å². The minimum Gasteiger partial charge on any atom is -0.480 e. The van der Waals surface area contributed by atoms with Crippen LogP contribution in [0, 0.1) is 6.92 Å². The number of rotatable bonds is 4. The van der Waals surface area contributed by atoms with E-state index in [2.05, 4.69) is 0 Å². The van der Waals surface area contributed by atoms with Gasteiger partial charge in [0.25, 0.3) is 0 Å². The van der Waals surface area contributed by atoms with Gasteiger partial charge in [0, 0.05) is 12.2 Å². The zero-order valence-electron chi connectivity index (χ0n) is 9.40. The van der Waals surface area contributed by atoms with Crippen molar-refractivity contribution in [3.63, 3.8) is 0 Å². The number of carboxylic acid groups (broad SMARTS) is 1. The number of likely N-dealkylation sites (N-methyl/N-ethyl adjacent to an activating group) is 1. The predicted octanol–water partition coefficient (Wildman–Crippen LogP) is 2.29. The third-order valence-corrected chi connectivity index (χ3v) is 2.53. The third-order valence-electron chi connectivity index (χ3n) is 2.53. The molecule has 1 atom stereocenters. The van der Waals surface area contributed by atoms with Crippen LogP contribution in [0.1, 0.15) is 19.4 Å². The Labute approximate surface area is 90.3 Å². The first kappa shape index (κ1) is 11.6. The van der Waals surface area contributed by atoms with Crippen molar-refractivity contribution in [2.75, 3.05) is 11.4 Å². The largest absolute Gasteiger partial charge is 0.480 e. The summed E-state index contributed by atoms with van der Waals surface area (Å²) in [6.45, 7) is 6.36. The summed E-state index contributed by atoms with van der Waals surface area (Å²) in [4.78, 5) is 12.8. The number of carbonyl (C=O) groups is 1. The molecule has 1 unspecified atom stereocenters. The number of hydrogen-bond donors (Lipinski definition) is 1. The van der Waals surface area contributed by atoms with Crippen LogP contribution in [0.5, 0.6) is 0 Å². The molecule has 15 heavy (non-hydrogen) atoms. The molecule has 0 aliphatic carbocycles. The molecule has 0 spiro atoms. The topological polar surface area (TPSA) is 40.5 Å². The molecular weight excluding hydrogens is 190 g/mol. The number of nitrogens with zero attached hydrogens (tertiary/aromatic N) is 1. The average molecular weight is 207 g/mol. The summed E-state index contributed by atoms with van der Waals surface area (Å²) in [6, 6.07) is 7.41. The molecular formula is C12H17NO2. The van der Waals surface area contributed by atoms with Gasteiger partial charge in [-0.05, 0) is 32.9 Å². The van der Waals surface area contributed by atoms with Crippen molar-refractivity contribution in [1.29, 1.82) is 0 Å². The van der Waals surface area contributed by atoms with Gasteiger partial charge in [-0.1, -0.05) is 17.7 Å². The third kappa shape index (κ3) is 2.72. The van der Waals surface area contributed by atoms with Gasteiger partial charge >= 0.3 is 5.97 Å². The highest BCUT2D eigenvalue weighted by Gasteiger charge is 2.18. The molecule has 0 heterocycles. The second-order valence-corrected chi connectivity index (χ2v) is 3.64. The molecule has 0 saturated carbocycles. The predicted molar refractivity (Wildman–Crippen MR) is 61.3 cm³/mol. The minimum absolute atomic E-state index is 0.488. The van der Waals surface area contributed by atoms with Crippen LogP contribution >= 0.6 is 0 Å². The van der Waals surface area contributed by atoms with Crippen molar-refractivity contribution in [1.82, 2.24) is 0 Å². The van der Waals surface area contributed by atoms with Gasteiger partial charge < -0.3 is 10.0 Å². The Morgan fingerprint density at radius 1 is 1.40 bits per heavy atom. The van der Waals surface area contributed by atoms with E-state index in [0.717, 1.165) is 5.69 Å². The smallest absolute Gasteiger partial charge is 0.326 e. The minimum atomic E-state index is -0.794. The summed E-state index contributed by atoms with van der Waals surface area (Å²) in [5, 5.41) is 8.96. The van der Waals surface area contributed by atoms with E-state index < -0.39 is 12.0 Å². The van der Waals surface area contributed by atoms with Gasteiger partial charge in [0.2, 0.25) is 0 Å². The Balaban J connectivity index is 2.92. The summed E-state index contributed by atoms with van der Waals surface area (Å²) >= 11 is 0. The Morgan fingerprint density at radius 3 is 2.33 bits per heavy atom. The molecule has 0 bridgehead atoms. The fraction of sp³-hybridized carbons (Fsp3) is 0.417. The number of aliphatic carboxylic acids is 1. The van der Waals surface area contributed by atoms with Gasteiger partial charge in [0.05, 0.1) is 0 Å².